The number of anilines is 1. The Morgan fingerprint density at radius 3 is 2.66 bits per heavy atom. The normalized spacial score (nSPS) is 13.2. The van der Waals surface area contributed by atoms with E-state index in [0.717, 1.165) is 24.2 Å². The molecular formula is C22H21ClN4O2. The second-order valence-corrected chi connectivity index (χ2v) is 7.47. The quantitative estimate of drug-likeness (QED) is 0.640. The molecule has 3 aromatic rings. The lowest BCUT2D eigenvalue weighted by Crippen LogP contribution is -2.25. The lowest BCUT2D eigenvalue weighted by atomic mass is 10.1. The Labute approximate surface area is 173 Å². The third-order valence-corrected chi connectivity index (χ3v) is 5.03. The highest BCUT2D eigenvalue weighted by Gasteiger charge is 2.24. The summed E-state index contributed by atoms with van der Waals surface area (Å²) in [5.74, 6) is -0.387. The summed E-state index contributed by atoms with van der Waals surface area (Å²) < 4.78 is 1.72. The van der Waals surface area contributed by atoms with Gasteiger partial charge in [-0.1, -0.05) is 30.7 Å². The van der Waals surface area contributed by atoms with Crippen LogP contribution in [-0.4, -0.2) is 27.6 Å². The number of hydrogen-bond donors (Lipinski definition) is 2. The van der Waals surface area contributed by atoms with E-state index in [1.165, 1.54) is 0 Å². The first-order valence-electron chi connectivity index (χ1n) is 9.60. The van der Waals surface area contributed by atoms with E-state index < -0.39 is 0 Å². The summed E-state index contributed by atoms with van der Waals surface area (Å²) >= 11 is 6.09. The van der Waals surface area contributed by atoms with Gasteiger partial charge in [-0.05, 0) is 55.7 Å². The minimum atomic E-state index is -0.269. The van der Waals surface area contributed by atoms with Crippen LogP contribution in [0, 0.1) is 0 Å². The maximum absolute atomic E-state index is 12.9. The second kappa shape index (κ2) is 8.09. The van der Waals surface area contributed by atoms with Crippen molar-refractivity contribution in [2.75, 3.05) is 5.32 Å². The number of aromatic nitrogens is 2. The van der Waals surface area contributed by atoms with Crippen molar-refractivity contribution in [3.05, 3.63) is 76.6 Å². The molecule has 1 heterocycles. The molecular weight excluding hydrogens is 388 g/mol. The Bertz CT molecular complexity index is 1070. The zero-order valence-electron chi connectivity index (χ0n) is 16.0. The highest BCUT2D eigenvalue weighted by Crippen LogP contribution is 2.22. The summed E-state index contributed by atoms with van der Waals surface area (Å²) in [4.78, 5) is 25.1. The van der Waals surface area contributed by atoms with Gasteiger partial charge in [0, 0.05) is 22.3 Å². The Morgan fingerprint density at radius 1 is 1.14 bits per heavy atom. The minimum Gasteiger partial charge on any atom is -0.349 e. The summed E-state index contributed by atoms with van der Waals surface area (Å²) in [7, 11) is 0. The molecule has 2 N–H and O–H groups in total. The van der Waals surface area contributed by atoms with Crippen LogP contribution in [0.15, 0.2) is 54.7 Å². The predicted octanol–water partition coefficient (Wildman–Crippen LogP) is 4.23. The lowest BCUT2D eigenvalue weighted by Gasteiger charge is -2.10. The van der Waals surface area contributed by atoms with Crippen molar-refractivity contribution in [3.8, 4) is 5.69 Å². The van der Waals surface area contributed by atoms with Crippen molar-refractivity contribution >= 4 is 29.1 Å². The fourth-order valence-corrected chi connectivity index (χ4v) is 3.35. The molecule has 0 saturated heterocycles. The van der Waals surface area contributed by atoms with E-state index in [0.29, 0.717) is 28.3 Å². The van der Waals surface area contributed by atoms with Gasteiger partial charge in [0.05, 0.1) is 23.1 Å². The van der Waals surface area contributed by atoms with Gasteiger partial charge in [-0.25, -0.2) is 4.68 Å². The van der Waals surface area contributed by atoms with Gasteiger partial charge in [0.25, 0.3) is 11.8 Å². The number of carbonyl (C=O) groups is 2. The fraction of sp³-hybridized carbons (Fsp3) is 0.227. The van der Waals surface area contributed by atoms with Crippen LogP contribution in [0.5, 0.6) is 0 Å². The van der Waals surface area contributed by atoms with Crippen molar-refractivity contribution in [2.45, 2.75) is 32.2 Å². The van der Waals surface area contributed by atoms with E-state index in [4.69, 9.17) is 11.6 Å². The number of hydrogen-bond acceptors (Lipinski definition) is 3. The molecule has 0 aliphatic heterocycles. The third-order valence-electron chi connectivity index (χ3n) is 4.80. The molecule has 6 nitrogen and oxygen atoms in total. The van der Waals surface area contributed by atoms with Crippen molar-refractivity contribution in [1.29, 1.82) is 0 Å². The van der Waals surface area contributed by atoms with Gasteiger partial charge in [0.2, 0.25) is 0 Å². The highest BCUT2D eigenvalue weighted by atomic mass is 35.5. The molecule has 29 heavy (non-hydrogen) atoms. The Morgan fingerprint density at radius 2 is 1.93 bits per heavy atom. The van der Waals surface area contributed by atoms with Crippen LogP contribution in [0.25, 0.3) is 5.69 Å². The van der Waals surface area contributed by atoms with Crippen LogP contribution in [0.2, 0.25) is 5.02 Å². The minimum absolute atomic E-state index is 0.119. The third kappa shape index (κ3) is 4.32. The smallest absolute Gasteiger partial charge is 0.259 e. The first kappa shape index (κ1) is 19.2. The number of amides is 2. The van der Waals surface area contributed by atoms with E-state index >= 15 is 0 Å². The Balaban J connectivity index is 1.55. The molecule has 2 amide bonds. The molecule has 1 aromatic heterocycles. The maximum Gasteiger partial charge on any atom is 0.259 e. The zero-order chi connectivity index (χ0) is 20.4. The molecule has 0 spiro atoms. The van der Waals surface area contributed by atoms with Crippen LogP contribution < -0.4 is 10.6 Å². The second-order valence-electron chi connectivity index (χ2n) is 7.03. The molecule has 1 aliphatic rings. The van der Waals surface area contributed by atoms with E-state index in [2.05, 4.69) is 15.7 Å². The Hall–Kier alpha value is -3.12. The number of rotatable bonds is 6. The number of nitrogens with one attached hydrogen (secondary N) is 2. The molecule has 4 rings (SSSR count). The van der Waals surface area contributed by atoms with Gasteiger partial charge in [0.15, 0.2) is 0 Å². The standard InChI is InChI=1S/C22H21ClN4O2/c1-2-20-19(13-24-27(20)18-8-4-6-15(23)12-18)22(29)26-17-7-3-5-14(11-17)21(28)25-16-9-10-16/h3-8,11-13,16H,2,9-10H2,1H3,(H,25,28)(H,26,29). The van der Waals surface area contributed by atoms with Gasteiger partial charge in [-0.15, -0.1) is 0 Å². The van der Waals surface area contributed by atoms with Crippen molar-refractivity contribution in [3.63, 3.8) is 0 Å². The molecule has 0 radical (unpaired) electrons. The first-order chi connectivity index (χ1) is 14.0. The van der Waals surface area contributed by atoms with Gasteiger partial charge in [-0.2, -0.15) is 5.10 Å². The zero-order valence-corrected chi connectivity index (χ0v) is 16.7. The first-order valence-corrected chi connectivity index (χ1v) is 9.98. The molecule has 1 fully saturated rings. The number of nitrogens with zero attached hydrogens (tertiary/aromatic N) is 2. The molecule has 0 bridgehead atoms. The monoisotopic (exact) mass is 408 g/mol. The van der Waals surface area contributed by atoms with Crippen LogP contribution >= 0.6 is 11.6 Å². The van der Waals surface area contributed by atoms with Gasteiger partial charge >= 0.3 is 0 Å². The van der Waals surface area contributed by atoms with Crippen molar-refractivity contribution in [2.24, 2.45) is 0 Å². The van der Waals surface area contributed by atoms with E-state index in [1.807, 2.05) is 19.1 Å². The van der Waals surface area contributed by atoms with E-state index in [9.17, 15) is 9.59 Å². The molecule has 7 heteroatoms. The largest absolute Gasteiger partial charge is 0.349 e. The molecule has 0 atom stereocenters. The van der Waals surface area contributed by atoms with Crippen LogP contribution in [0.1, 0.15) is 46.2 Å². The van der Waals surface area contributed by atoms with Gasteiger partial charge in [0.1, 0.15) is 0 Å². The topological polar surface area (TPSA) is 76.0 Å². The van der Waals surface area contributed by atoms with E-state index in [-0.39, 0.29) is 17.9 Å². The summed E-state index contributed by atoms with van der Waals surface area (Å²) in [5.41, 5.74) is 3.16. The molecule has 148 valence electrons. The summed E-state index contributed by atoms with van der Waals surface area (Å²) in [6, 6.07) is 14.6. The van der Waals surface area contributed by atoms with Crippen molar-refractivity contribution < 1.29 is 9.59 Å². The van der Waals surface area contributed by atoms with Crippen LogP contribution in [-0.2, 0) is 6.42 Å². The summed E-state index contributed by atoms with van der Waals surface area (Å²) in [5, 5.41) is 10.8. The number of benzene rings is 2. The van der Waals surface area contributed by atoms with Gasteiger partial charge in [-0.3, -0.25) is 9.59 Å². The van der Waals surface area contributed by atoms with Crippen molar-refractivity contribution in [1.82, 2.24) is 15.1 Å². The highest BCUT2D eigenvalue weighted by molar-refractivity contribution is 6.30. The lowest BCUT2D eigenvalue weighted by molar-refractivity contribution is 0.0949. The average molecular weight is 409 g/mol. The average Bonchev–Trinajstić information content (AvgIpc) is 3.42. The number of carbonyl (C=O) groups excluding carboxylic acids is 2. The predicted molar refractivity (Wildman–Crippen MR) is 113 cm³/mol. The maximum atomic E-state index is 12.9. The van der Waals surface area contributed by atoms with E-state index in [1.54, 1.807) is 47.3 Å². The molecule has 0 unspecified atom stereocenters. The fourth-order valence-electron chi connectivity index (χ4n) is 3.17. The summed E-state index contributed by atoms with van der Waals surface area (Å²) in [6.45, 7) is 1.97. The van der Waals surface area contributed by atoms with Crippen LogP contribution in [0.3, 0.4) is 0 Å². The summed E-state index contributed by atoms with van der Waals surface area (Å²) in [6.07, 6.45) is 4.23. The molecule has 1 aliphatic carbocycles. The van der Waals surface area contributed by atoms with Gasteiger partial charge < -0.3 is 10.6 Å². The molecule has 2 aromatic carbocycles. The SMILES string of the molecule is CCc1c(C(=O)Nc2cccc(C(=O)NC3CC3)c2)cnn1-c1cccc(Cl)c1. The van der Waals surface area contributed by atoms with Crippen LogP contribution in [0.4, 0.5) is 5.69 Å². The molecule has 1 saturated carbocycles. The Kier molecular flexibility index (Phi) is 5.36. The number of halogens is 1.